The smallest absolute Gasteiger partial charge is 0.324 e. The highest BCUT2D eigenvalue weighted by molar-refractivity contribution is 5.75. The molecule has 0 bridgehead atoms. The Labute approximate surface area is 922 Å². The van der Waals surface area contributed by atoms with Gasteiger partial charge in [0.2, 0.25) is 0 Å². The van der Waals surface area contributed by atoms with E-state index in [0.29, 0.717) is 94.7 Å². The van der Waals surface area contributed by atoms with E-state index in [1.807, 2.05) is 82.4 Å². The van der Waals surface area contributed by atoms with Crippen molar-refractivity contribution >= 4 is 23.9 Å². The lowest BCUT2D eigenvalue weighted by molar-refractivity contribution is -0.155. The summed E-state index contributed by atoms with van der Waals surface area (Å²) in [4.78, 5) is 67.6. The van der Waals surface area contributed by atoms with Gasteiger partial charge in [0.1, 0.15) is 33.0 Å². The Hall–Kier alpha value is -2.76. The molecule has 24 heteroatoms. The van der Waals surface area contributed by atoms with Gasteiger partial charge in [-0.05, 0) is 395 Å². The van der Waals surface area contributed by atoms with Crippen molar-refractivity contribution in [1.29, 1.82) is 0 Å². The van der Waals surface area contributed by atoms with Gasteiger partial charge in [-0.2, -0.15) is 0 Å². The van der Waals surface area contributed by atoms with E-state index in [-0.39, 0.29) is 70.2 Å². The van der Waals surface area contributed by atoms with Gasteiger partial charge in [-0.3, -0.25) is 48.6 Å². The minimum Gasteiger partial charge on any atom is -0.449 e. The summed E-state index contributed by atoms with van der Waals surface area (Å²) in [6.07, 6.45) is 13.1. The third-order valence-corrected chi connectivity index (χ3v) is 27.0. The molecule has 4 rings (SSSR count). The second-order valence-electron chi connectivity index (χ2n) is 57.0. The lowest BCUT2D eigenvalue weighted by Gasteiger charge is -2.42. The molecule has 3 heterocycles. The van der Waals surface area contributed by atoms with Crippen molar-refractivity contribution in [3.63, 3.8) is 0 Å². The molecule has 3 saturated heterocycles. The number of ether oxygens (including phenoxy) is 5. The number of esters is 4. The highest BCUT2D eigenvalue weighted by Crippen LogP contribution is 2.32. The first kappa shape index (κ1) is 167. The monoisotopic (exact) mass is 2110 g/mol. The van der Waals surface area contributed by atoms with E-state index in [1.54, 1.807) is 13.8 Å². The molecular weight excluding hydrogens is 1830 g/mol. The van der Waals surface area contributed by atoms with Crippen LogP contribution in [0.3, 0.4) is 0 Å². The predicted molar refractivity (Wildman–Crippen MR) is 652 cm³/mol. The number of rotatable bonds is 23. The number of nitrogens with zero attached hydrogens (tertiary/aromatic N) is 10. The minimum absolute atomic E-state index is 0.0106. The standard InChI is InChI=1S/C12H23NO2.C11H24N2O2.2C11H24N2.2C9H19NO2.C9H20.C8H17N.2C7H17N.2C6H15N.2C6H14.C5H13NO/c1-12(2,3)13(4)9-15-11(14)10-7-5-6-8-10;1-8(2)9(12)10(14)15-7-13(6)11(3,4)5;2*1-5-6-12-7-9-13(10-8-12)11(2,3)4;2*1-6-8(11)12-7-10(5)9(2,3)4;1-7(2)8(3)9(4,5)6;1-8(2,3)7-5-4-6-9-7;2*1-6-8(5)7(2,3)4;2*1-5-7-6(2,3)4;2*1-5-6(2,3)4;1-5(2,3)7-4-6/h10H,5-9H2,1-4H3;8-9H,7,12H2,1-6H3;2*5-10H2,1-4H3;2*6-7H2,1-5H3;7-8H,1-6H3;7,9H,4-6H2,1-3H3;2*6H2,1-5H3;2*7H,5H2,1-4H3;2*5H2,1-4H3;4,6H2,1-3H3. The molecule has 24 nitrogen and oxygen atoms in total. The fourth-order valence-electron chi connectivity index (χ4n) is 11.9. The number of nitrogens with one attached hydrogen (secondary N) is 3. The zero-order valence-electron chi connectivity index (χ0n) is 112. The van der Waals surface area contributed by atoms with Crippen LogP contribution in [0, 0.1) is 45.3 Å². The second-order valence-corrected chi connectivity index (χ2v) is 57.0. The van der Waals surface area contributed by atoms with Crippen molar-refractivity contribution in [3.05, 3.63) is 0 Å². The molecule has 4 aliphatic rings. The first-order chi connectivity index (χ1) is 65.6. The van der Waals surface area contributed by atoms with E-state index in [0.717, 1.165) is 56.9 Å². The summed E-state index contributed by atoms with van der Waals surface area (Å²) >= 11 is 0. The van der Waals surface area contributed by atoms with Crippen LogP contribution in [-0.2, 0) is 42.9 Å². The van der Waals surface area contributed by atoms with Crippen molar-refractivity contribution in [3.8, 4) is 0 Å². The largest absolute Gasteiger partial charge is 0.449 e. The summed E-state index contributed by atoms with van der Waals surface area (Å²) in [6.45, 7) is 150. The highest BCUT2D eigenvalue weighted by Gasteiger charge is 2.32. The minimum atomic E-state index is -0.529. The number of nitrogens with two attached hydrogens (primary N) is 2. The number of hydrogen-bond donors (Lipinski definition) is 5. The molecule has 1 aliphatic carbocycles. The first-order valence-electron chi connectivity index (χ1n) is 57.8. The summed E-state index contributed by atoms with van der Waals surface area (Å²) in [5.41, 5.74) is 14.9. The number of hydrogen-bond acceptors (Lipinski definition) is 24. The molecule has 3 atom stereocenters. The summed E-state index contributed by atoms with van der Waals surface area (Å²) in [7, 11) is 12.0. The molecule has 7 N–H and O–H groups in total. The molecule has 896 valence electrons. The Morgan fingerprint density at radius 2 is 0.646 bits per heavy atom. The summed E-state index contributed by atoms with van der Waals surface area (Å²) in [5, 5.41) is 10.1. The molecular formula is C123H275N15O9. The maximum absolute atomic E-state index is 11.6. The van der Waals surface area contributed by atoms with Gasteiger partial charge in [0.05, 0.1) is 18.2 Å². The summed E-state index contributed by atoms with van der Waals surface area (Å²) in [5.74, 6) is 1.26. The quantitative estimate of drug-likeness (QED) is 0.0363. The van der Waals surface area contributed by atoms with Crippen LogP contribution >= 0.6 is 0 Å². The lowest BCUT2D eigenvalue weighted by Crippen LogP contribution is -2.53. The first-order valence-corrected chi connectivity index (χ1v) is 57.8. The Morgan fingerprint density at radius 1 is 0.374 bits per heavy atom. The van der Waals surface area contributed by atoms with Gasteiger partial charge in [0.25, 0.3) is 0 Å². The van der Waals surface area contributed by atoms with Crippen LogP contribution in [0.1, 0.15) is 492 Å². The third kappa shape index (κ3) is 113. The summed E-state index contributed by atoms with van der Waals surface area (Å²) < 4.78 is 25.4. The fraction of sp³-hybridized carbons (Fsp3) is 0.967. The van der Waals surface area contributed by atoms with Gasteiger partial charge in [0, 0.05) is 127 Å². The zero-order chi connectivity index (χ0) is 119. The Kier molecular flexibility index (Phi) is 93.7. The van der Waals surface area contributed by atoms with Crippen molar-refractivity contribution in [2.24, 2.45) is 56.8 Å². The SMILES string of the molecule is CC(C)(C)C1CCCN1.CC(C)(C)OCN.CC(C)C(C)C(C)(C)C.CC(C)C(N)C(=O)OCN(C)C(C)(C)C.CCC(=O)OCN(C)C(C)(C)C.CCC(=O)OCN(C)C(C)(C)C.CCC(C)(C)C.CCC(C)(C)C.CCCN1CCN(C(C)(C)C)CC1.CCCN1CCN(C(C)(C)C)CC1.CCN(C)C(C)(C)C.CCN(C)C(C)(C)C.CCNC(C)(C)C.CCNC(C)(C)C.CN(COC(=O)C1CCCC1)C(C)(C)C. The van der Waals surface area contributed by atoms with Gasteiger partial charge in [-0.25, -0.2) is 0 Å². The average Bonchev–Trinajstić information content (AvgIpc) is 1.68. The summed E-state index contributed by atoms with van der Waals surface area (Å²) in [6, 6.07) is 0.232. The maximum Gasteiger partial charge on any atom is 0.324 e. The van der Waals surface area contributed by atoms with Crippen molar-refractivity contribution in [2.45, 2.75) is 566 Å². The topological polar surface area (TPSA) is 235 Å². The average molecular weight is 2110 g/mol. The highest BCUT2D eigenvalue weighted by atomic mass is 16.6. The van der Waals surface area contributed by atoms with Crippen LogP contribution < -0.4 is 27.4 Å². The van der Waals surface area contributed by atoms with Crippen LogP contribution in [0.2, 0.25) is 0 Å². The molecule has 147 heavy (non-hydrogen) atoms. The van der Waals surface area contributed by atoms with Crippen LogP contribution in [-0.4, -0.2) is 320 Å². The molecule has 0 radical (unpaired) electrons. The van der Waals surface area contributed by atoms with Crippen molar-refractivity contribution in [1.82, 2.24) is 64.9 Å². The molecule has 3 aliphatic heterocycles. The van der Waals surface area contributed by atoms with Gasteiger partial charge < -0.3 is 70.7 Å². The number of carbonyl (C=O) groups excluding carboxylic acids is 4. The van der Waals surface area contributed by atoms with Crippen molar-refractivity contribution in [2.75, 3.05) is 174 Å². The number of piperazine rings is 2. The van der Waals surface area contributed by atoms with E-state index >= 15 is 0 Å². The molecule has 0 aromatic rings. The Morgan fingerprint density at radius 3 is 0.789 bits per heavy atom. The van der Waals surface area contributed by atoms with Gasteiger partial charge in [0.15, 0.2) is 0 Å². The third-order valence-electron chi connectivity index (χ3n) is 27.0. The lowest BCUT2D eigenvalue weighted by atomic mass is 9.76. The molecule has 0 amide bonds. The predicted octanol–water partition coefficient (Wildman–Crippen LogP) is 27.5. The molecule has 1 saturated carbocycles. The van der Waals surface area contributed by atoms with Crippen LogP contribution in [0.15, 0.2) is 0 Å². The van der Waals surface area contributed by atoms with Crippen LogP contribution in [0.4, 0.5) is 0 Å². The van der Waals surface area contributed by atoms with Crippen LogP contribution in [0.5, 0.6) is 0 Å². The number of carbonyl (C=O) groups is 4. The zero-order valence-corrected chi connectivity index (χ0v) is 112. The maximum atomic E-state index is 11.6. The van der Waals surface area contributed by atoms with E-state index in [4.69, 9.17) is 35.2 Å². The van der Waals surface area contributed by atoms with Crippen LogP contribution in [0.25, 0.3) is 0 Å². The molecule has 0 spiro atoms. The van der Waals surface area contributed by atoms with E-state index in [9.17, 15) is 19.2 Å². The molecule has 0 aromatic carbocycles. The van der Waals surface area contributed by atoms with E-state index in [2.05, 4.69) is 426 Å². The van der Waals surface area contributed by atoms with Crippen molar-refractivity contribution < 1.29 is 42.9 Å². The Balaban J connectivity index is -0.000000151. The fourth-order valence-corrected chi connectivity index (χ4v) is 11.9. The van der Waals surface area contributed by atoms with E-state index in [1.165, 1.54) is 123 Å². The normalized spacial score (nSPS) is 16.1. The van der Waals surface area contributed by atoms with Gasteiger partial charge in [-0.1, -0.05) is 213 Å². The molecule has 4 fully saturated rings. The molecule has 3 unspecified atom stereocenters. The van der Waals surface area contributed by atoms with Gasteiger partial charge in [-0.15, -0.1) is 0 Å². The van der Waals surface area contributed by atoms with E-state index < -0.39 is 6.04 Å². The van der Waals surface area contributed by atoms with Gasteiger partial charge >= 0.3 is 23.9 Å². The molecule has 0 aromatic heterocycles. The second kappa shape index (κ2) is 82.7. The Bertz CT molecular complexity index is 2830.